The van der Waals surface area contributed by atoms with Gasteiger partial charge in [-0.15, -0.1) is 5.10 Å². The van der Waals surface area contributed by atoms with Gasteiger partial charge in [-0.2, -0.15) is 0 Å². The first-order valence-corrected chi connectivity index (χ1v) is 9.55. The maximum atomic E-state index is 13.2. The summed E-state index contributed by atoms with van der Waals surface area (Å²) in [5, 5.41) is 7.80. The molecule has 1 N–H and O–H groups in total. The number of aromatic nitrogens is 6. The van der Waals surface area contributed by atoms with Gasteiger partial charge in [-0.3, -0.25) is 4.98 Å². The molecule has 0 amide bonds. The molecule has 2 saturated carbocycles. The second-order valence-electron chi connectivity index (χ2n) is 8.22. The van der Waals surface area contributed by atoms with E-state index in [2.05, 4.69) is 30.4 Å². The molecule has 4 aromatic rings. The lowest BCUT2D eigenvalue weighted by atomic mass is 9.52. The van der Waals surface area contributed by atoms with Crippen molar-refractivity contribution >= 4 is 22.6 Å². The molecule has 0 saturated heterocycles. The molecule has 0 radical (unpaired) electrons. The lowest BCUT2D eigenvalue weighted by molar-refractivity contribution is -0.193. The molecule has 0 aliphatic heterocycles. The van der Waals surface area contributed by atoms with Gasteiger partial charge in [-0.25, -0.2) is 28.2 Å². The SMILES string of the molecule is FC1(F)CC2(CC(Nc3ncc4c(-c5cnc6nccnc6c5)ccn4n3)C2)C1.[HH]. The number of hydrogen-bond acceptors (Lipinski definition) is 6. The van der Waals surface area contributed by atoms with Gasteiger partial charge in [-0.05, 0) is 30.4 Å². The molecule has 4 aromatic heterocycles. The Balaban J connectivity index is 0.00000193. The number of pyridine rings is 1. The average molecular weight is 395 g/mol. The number of alkyl halides is 2. The first-order valence-electron chi connectivity index (χ1n) is 9.55. The Kier molecular flexibility index (Phi) is 3.25. The van der Waals surface area contributed by atoms with Crippen LogP contribution < -0.4 is 5.32 Å². The van der Waals surface area contributed by atoms with Gasteiger partial charge in [0, 0.05) is 56.2 Å². The Morgan fingerprint density at radius 1 is 1.07 bits per heavy atom. The van der Waals surface area contributed by atoms with E-state index < -0.39 is 5.92 Å². The van der Waals surface area contributed by atoms with Gasteiger partial charge in [0.25, 0.3) is 0 Å². The Morgan fingerprint density at radius 3 is 2.72 bits per heavy atom. The summed E-state index contributed by atoms with van der Waals surface area (Å²) in [6, 6.07) is 4.06. The molecule has 1 spiro atoms. The highest BCUT2D eigenvalue weighted by Crippen LogP contribution is 2.62. The fraction of sp³-hybridized carbons (Fsp3) is 0.350. The van der Waals surface area contributed by atoms with E-state index in [0.717, 1.165) is 35.0 Å². The van der Waals surface area contributed by atoms with Crippen molar-refractivity contribution < 1.29 is 10.2 Å². The normalized spacial score (nSPS) is 19.9. The van der Waals surface area contributed by atoms with Gasteiger partial charge in [0.1, 0.15) is 5.52 Å². The van der Waals surface area contributed by atoms with E-state index in [1.807, 2.05) is 18.3 Å². The summed E-state index contributed by atoms with van der Waals surface area (Å²) >= 11 is 0. The van der Waals surface area contributed by atoms with Crippen molar-refractivity contribution in [1.82, 2.24) is 29.5 Å². The van der Waals surface area contributed by atoms with Crippen LogP contribution in [0, 0.1) is 5.41 Å². The van der Waals surface area contributed by atoms with E-state index in [1.54, 1.807) is 29.3 Å². The fourth-order valence-electron chi connectivity index (χ4n) is 4.82. The predicted octanol–water partition coefficient (Wildman–Crippen LogP) is 3.97. The van der Waals surface area contributed by atoms with Gasteiger partial charge >= 0.3 is 0 Å². The number of nitrogens with one attached hydrogen (secondary N) is 1. The van der Waals surface area contributed by atoms with Crippen LogP contribution in [-0.2, 0) is 0 Å². The Hall–Kier alpha value is -3.23. The molecule has 6 rings (SSSR count). The van der Waals surface area contributed by atoms with Crippen LogP contribution in [0.25, 0.3) is 27.8 Å². The van der Waals surface area contributed by atoms with Crippen molar-refractivity contribution in [2.75, 3.05) is 5.32 Å². The molecule has 7 nitrogen and oxygen atoms in total. The highest BCUT2D eigenvalue weighted by Gasteiger charge is 2.61. The van der Waals surface area contributed by atoms with Crippen LogP contribution in [0.2, 0.25) is 0 Å². The van der Waals surface area contributed by atoms with E-state index >= 15 is 0 Å². The highest BCUT2D eigenvalue weighted by atomic mass is 19.3. The summed E-state index contributed by atoms with van der Waals surface area (Å²) in [5.74, 6) is -1.96. The van der Waals surface area contributed by atoms with Crippen LogP contribution in [0.15, 0.2) is 43.1 Å². The Bertz CT molecular complexity index is 1240. The number of rotatable bonds is 3. The van der Waals surface area contributed by atoms with E-state index in [1.165, 1.54) is 0 Å². The van der Waals surface area contributed by atoms with Crippen molar-refractivity contribution in [3.63, 3.8) is 0 Å². The van der Waals surface area contributed by atoms with Gasteiger partial charge in [0.05, 0.1) is 11.7 Å². The van der Waals surface area contributed by atoms with Crippen LogP contribution in [0.1, 0.15) is 27.1 Å². The summed E-state index contributed by atoms with van der Waals surface area (Å²) in [6.07, 6.45) is 10.2. The van der Waals surface area contributed by atoms with Gasteiger partial charge < -0.3 is 5.32 Å². The van der Waals surface area contributed by atoms with Crippen molar-refractivity contribution in [2.24, 2.45) is 5.41 Å². The van der Waals surface area contributed by atoms with Crippen LogP contribution in [0.4, 0.5) is 14.7 Å². The quantitative estimate of drug-likeness (QED) is 0.565. The molecular weight excluding hydrogens is 376 g/mol. The molecule has 0 atom stereocenters. The van der Waals surface area contributed by atoms with Crippen molar-refractivity contribution in [2.45, 2.75) is 37.6 Å². The number of nitrogens with zero attached hydrogens (tertiary/aromatic N) is 6. The van der Waals surface area contributed by atoms with Crippen LogP contribution >= 0.6 is 0 Å². The second-order valence-corrected chi connectivity index (χ2v) is 8.22. The summed E-state index contributed by atoms with van der Waals surface area (Å²) in [6.45, 7) is 0. The van der Waals surface area contributed by atoms with Gasteiger partial charge in [0.2, 0.25) is 11.9 Å². The second kappa shape index (κ2) is 5.65. The monoisotopic (exact) mass is 395 g/mol. The van der Waals surface area contributed by atoms with Crippen LogP contribution in [0.5, 0.6) is 0 Å². The van der Waals surface area contributed by atoms with E-state index in [4.69, 9.17) is 0 Å². The van der Waals surface area contributed by atoms with E-state index in [0.29, 0.717) is 11.6 Å². The maximum Gasteiger partial charge on any atom is 0.249 e. The zero-order valence-corrected chi connectivity index (χ0v) is 15.4. The zero-order valence-electron chi connectivity index (χ0n) is 15.4. The average Bonchev–Trinajstić information content (AvgIpc) is 3.08. The maximum absolute atomic E-state index is 13.2. The third-order valence-corrected chi connectivity index (χ3v) is 6.01. The largest absolute Gasteiger partial charge is 0.350 e. The third kappa shape index (κ3) is 2.72. The summed E-state index contributed by atoms with van der Waals surface area (Å²) in [4.78, 5) is 17.3. The minimum Gasteiger partial charge on any atom is -0.350 e. The molecule has 0 bridgehead atoms. The number of fused-ring (bicyclic) bond motifs is 2. The molecule has 29 heavy (non-hydrogen) atoms. The molecule has 4 heterocycles. The Labute approximate surface area is 165 Å². The first-order chi connectivity index (χ1) is 14.0. The lowest BCUT2D eigenvalue weighted by Gasteiger charge is -2.57. The fourth-order valence-corrected chi connectivity index (χ4v) is 4.82. The van der Waals surface area contributed by atoms with Gasteiger partial charge in [-0.1, -0.05) is 0 Å². The molecule has 2 aliphatic rings. The minimum absolute atomic E-state index is 0. The molecular formula is C20H19F2N7. The summed E-state index contributed by atoms with van der Waals surface area (Å²) in [7, 11) is 0. The summed E-state index contributed by atoms with van der Waals surface area (Å²) < 4.78 is 28.1. The molecule has 9 heteroatoms. The molecule has 148 valence electrons. The molecule has 2 fully saturated rings. The standard InChI is InChI=1S/C20H17F2N7.H2/c21-20(22)10-19(11-20)6-13(7-19)27-18-26-9-16-14(1-4-29(16)28-18)12-5-15-17(25-8-12)24-3-2-23-15;/h1-5,8-9,13H,6-7,10-11H2,(H,27,28);1H. The van der Waals surface area contributed by atoms with E-state index in [-0.39, 0.29) is 25.7 Å². The highest BCUT2D eigenvalue weighted by molar-refractivity contribution is 5.84. The zero-order chi connectivity index (χ0) is 19.6. The van der Waals surface area contributed by atoms with Crippen LogP contribution in [-0.4, -0.2) is 41.5 Å². The molecule has 2 aliphatic carbocycles. The smallest absolute Gasteiger partial charge is 0.249 e. The van der Waals surface area contributed by atoms with Crippen LogP contribution in [0.3, 0.4) is 0 Å². The van der Waals surface area contributed by atoms with Crippen molar-refractivity contribution in [3.05, 3.63) is 43.1 Å². The van der Waals surface area contributed by atoms with Crippen molar-refractivity contribution in [3.8, 4) is 11.1 Å². The van der Waals surface area contributed by atoms with E-state index in [9.17, 15) is 8.78 Å². The summed E-state index contributed by atoms with van der Waals surface area (Å²) in [5.41, 5.74) is 3.88. The topological polar surface area (TPSA) is 80.9 Å². The first kappa shape index (κ1) is 16.7. The number of hydrogen-bond donors (Lipinski definition) is 1. The Morgan fingerprint density at radius 2 is 1.90 bits per heavy atom. The molecule has 0 unspecified atom stereocenters. The number of halogens is 2. The minimum atomic E-state index is -2.47. The number of anilines is 1. The van der Waals surface area contributed by atoms with Gasteiger partial charge in [0.15, 0.2) is 5.65 Å². The predicted molar refractivity (Wildman–Crippen MR) is 105 cm³/mol. The lowest BCUT2D eigenvalue weighted by Crippen LogP contribution is -2.57. The third-order valence-electron chi connectivity index (χ3n) is 6.01. The molecule has 0 aromatic carbocycles. The van der Waals surface area contributed by atoms with Crippen molar-refractivity contribution in [1.29, 1.82) is 0 Å².